The molecule has 2 aliphatic rings. The highest BCUT2D eigenvalue weighted by atomic mass is 16.6. The van der Waals surface area contributed by atoms with E-state index < -0.39 is 5.97 Å². The molecule has 0 radical (unpaired) electrons. The Hall–Kier alpha value is -2.08. The van der Waals surface area contributed by atoms with Crippen LogP contribution in [0.15, 0.2) is 30.3 Å². The minimum absolute atomic E-state index is 0.189. The second kappa shape index (κ2) is 8.34. The van der Waals surface area contributed by atoms with E-state index in [2.05, 4.69) is 0 Å². The van der Waals surface area contributed by atoms with Crippen molar-refractivity contribution in [2.75, 3.05) is 26.2 Å². The third kappa shape index (κ3) is 4.51. The smallest absolute Gasteiger partial charge is 0.410 e. The molecule has 0 aromatic heterocycles. The van der Waals surface area contributed by atoms with Crippen molar-refractivity contribution in [3.8, 4) is 0 Å². The van der Waals surface area contributed by atoms with E-state index in [-0.39, 0.29) is 24.7 Å². The molecule has 6 nitrogen and oxygen atoms in total. The number of hydrogen-bond donors (Lipinski definition) is 2. The molecule has 1 aliphatic carbocycles. The molecule has 0 unspecified atom stereocenters. The van der Waals surface area contributed by atoms with Gasteiger partial charge in [-0.05, 0) is 18.4 Å². The highest BCUT2D eigenvalue weighted by Gasteiger charge is 2.39. The number of hydrogen-bond acceptors (Lipinski definition) is 3. The fourth-order valence-corrected chi connectivity index (χ4v) is 4.07. The van der Waals surface area contributed by atoms with Crippen molar-refractivity contribution in [2.45, 2.75) is 38.3 Å². The Morgan fingerprint density at radius 1 is 1.12 bits per heavy atom. The molecule has 1 saturated heterocycles. The molecule has 1 saturated carbocycles. The number of piperazine rings is 1. The number of carboxylic acid groups (broad SMARTS) is 1. The molecule has 0 spiro atoms. The molecule has 1 aromatic carbocycles. The van der Waals surface area contributed by atoms with Gasteiger partial charge in [-0.25, -0.2) is 4.79 Å². The SMILES string of the molecule is O=C(O)[C@H]1CCCC[C@@H]1[NH+]1CCN(C(=O)OCc2ccccc2)CC1. The van der Waals surface area contributed by atoms with Crippen LogP contribution in [0.3, 0.4) is 0 Å². The van der Waals surface area contributed by atoms with Gasteiger partial charge in [0.2, 0.25) is 0 Å². The highest BCUT2D eigenvalue weighted by molar-refractivity contribution is 5.70. The fraction of sp³-hybridized carbons (Fsp3) is 0.579. The number of amides is 1. The number of nitrogens with zero attached hydrogens (tertiary/aromatic N) is 1. The van der Waals surface area contributed by atoms with Gasteiger partial charge in [-0.3, -0.25) is 9.69 Å². The van der Waals surface area contributed by atoms with E-state index in [4.69, 9.17) is 4.74 Å². The standard InChI is InChI=1S/C19H26N2O4/c22-18(23)16-8-4-5-9-17(16)20-10-12-21(13-11-20)19(24)25-14-15-6-2-1-3-7-15/h1-3,6-7,16-17H,4-5,8-14H2,(H,22,23)/p+1/t16-,17-/m0/s1. The molecular weight excluding hydrogens is 320 g/mol. The Morgan fingerprint density at radius 3 is 2.48 bits per heavy atom. The van der Waals surface area contributed by atoms with Crippen LogP contribution in [0.25, 0.3) is 0 Å². The van der Waals surface area contributed by atoms with Gasteiger partial charge in [0.05, 0.1) is 26.2 Å². The highest BCUT2D eigenvalue weighted by Crippen LogP contribution is 2.23. The molecule has 136 valence electrons. The number of benzene rings is 1. The number of carboxylic acids is 1. The molecule has 0 bridgehead atoms. The lowest BCUT2D eigenvalue weighted by atomic mass is 9.83. The monoisotopic (exact) mass is 347 g/mol. The van der Waals surface area contributed by atoms with Crippen LogP contribution >= 0.6 is 0 Å². The van der Waals surface area contributed by atoms with Crippen molar-refractivity contribution in [3.63, 3.8) is 0 Å². The first-order valence-corrected chi connectivity index (χ1v) is 9.18. The maximum absolute atomic E-state index is 12.2. The Balaban J connectivity index is 1.47. The van der Waals surface area contributed by atoms with Gasteiger partial charge in [-0.15, -0.1) is 0 Å². The van der Waals surface area contributed by atoms with E-state index in [1.807, 2.05) is 30.3 Å². The Kier molecular flexibility index (Phi) is 5.91. The Bertz CT molecular complexity index is 584. The summed E-state index contributed by atoms with van der Waals surface area (Å²) in [5, 5.41) is 9.46. The minimum atomic E-state index is -0.665. The first-order valence-electron chi connectivity index (χ1n) is 9.18. The van der Waals surface area contributed by atoms with Crippen LogP contribution in [-0.4, -0.2) is 54.3 Å². The summed E-state index contributed by atoms with van der Waals surface area (Å²) in [4.78, 5) is 26.8. The summed E-state index contributed by atoms with van der Waals surface area (Å²) in [6.07, 6.45) is 3.61. The fourth-order valence-electron chi connectivity index (χ4n) is 4.07. The van der Waals surface area contributed by atoms with Gasteiger partial charge in [-0.1, -0.05) is 36.8 Å². The molecule has 6 heteroatoms. The maximum Gasteiger partial charge on any atom is 0.410 e. The van der Waals surface area contributed by atoms with Gasteiger partial charge in [0.15, 0.2) is 0 Å². The molecule has 25 heavy (non-hydrogen) atoms. The Labute approximate surface area is 148 Å². The number of aliphatic carboxylic acids is 1. The quantitative estimate of drug-likeness (QED) is 0.858. The molecule has 2 N–H and O–H groups in total. The van der Waals surface area contributed by atoms with E-state index in [0.717, 1.165) is 44.3 Å². The van der Waals surface area contributed by atoms with Crippen molar-refractivity contribution >= 4 is 12.1 Å². The Morgan fingerprint density at radius 2 is 1.80 bits per heavy atom. The zero-order valence-electron chi connectivity index (χ0n) is 14.5. The first kappa shape index (κ1) is 17.7. The van der Waals surface area contributed by atoms with E-state index >= 15 is 0 Å². The van der Waals surface area contributed by atoms with Crippen molar-refractivity contribution < 1.29 is 24.3 Å². The van der Waals surface area contributed by atoms with E-state index in [1.54, 1.807) is 4.90 Å². The van der Waals surface area contributed by atoms with Crippen molar-refractivity contribution in [3.05, 3.63) is 35.9 Å². The molecule has 2 atom stereocenters. The van der Waals surface area contributed by atoms with E-state index in [9.17, 15) is 14.7 Å². The van der Waals surface area contributed by atoms with Gasteiger partial charge in [0, 0.05) is 6.42 Å². The number of carbonyl (C=O) groups is 2. The molecule has 1 aliphatic heterocycles. The van der Waals surface area contributed by atoms with Crippen LogP contribution in [0.1, 0.15) is 31.2 Å². The normalized spacial score (nSPS) is 24.7. The largest absolute Gasteiger partial charge is 0.481 e. The lowest BCUT2D eigenvalue weighted by molar-refractivity contribution is -0.933. The number of rotatable bonds is 4. The van der Waals surface area contributed by atoms with Crippen LogP contribution in [0.2, 0.25) is 0 Å². The molecule has 1 aromatic rings. The second-order valence-electron chi connectivity index (χ2n) is 7.02. The molecule has 1 heterocycles. The lowest BCUT2D eigenvalue weighted by Gasteiger charge is -2.39. The number of quaternary nitrogens is 1. The maximum atomic E-state index is 12.2. The zero-order chi connectivity index (χ0) is 17.6. The molecule has 1 amide bonds. The molecule has 3 rings (SSSR count). The third-order valence-corrected chi connectivity index (χ3v) is 5.48. The number of nitrogens with one attached hydrogen (secondary N) is 1. The summed E-state index contributed by atoms with van der Waals surface area (Å²) >= 11 is 0. The predicted octanol–water partition coefficient (Wildman–Crippen LogP) is 1.17. The van der Waals surface area contributed by atoms with Gasteiger partial charge in [0.1, 0.15) is 18.6 Å². The summed E-state index contributed by atoms with van der Waals surface area (Å²) in [6, 6.07) is 9.84. The van der Waals surface area contributed by atoms with Gasteiger partial charge < -0.3 is 14.7 Å². The van der Waals surface area contributed by atoms with Gasteiger partial charge in [-0.2, -0.15) is 0 Å². The number of ether oxygens (including phenoxy) is 1. The van der Waals surface area contributed by atoms with Crippen LogP contribution in [0, 0.1) is 5.92 Å². The molecule has 2 fully saturated rings. The van der Waals surface area contributed by atoms with Crippen LogP contribution < -0.4 is 4.90 Å². The van der Waals surface area contributed by atoms with Crippen molar-refractivity contribution in [2.24, 2.45) is 5.92 Å². The average molecular weight is 347 g/mol. The minimum Gasteiger partial charge on any atom is -0.481 e. The average Bonchev–Trinajstić information content (AvgIpc) is 2.67. The second-order valence-corrected chi connectivity index (χ2v) is 7.02. The zero-order valence-corrected chi connectivity index (χ0v) is 14.5. The van der Waals surface area contributed by atoms with Crippen LogP contribution in [0.5, 0.6) is 0 Å². The van der Waals surface area contributed by atoms with Gasteiger partial charge >= 0.3 is 12.1 Å². The van der Waals surface area contributed by atoms with Crippen LogP contribution in [-0.2, 0) is 16.1 Å². The predicted molar refractivity (Wildman–Crippen MR) is 92.3 cm³/mol. The van der Waals surface area contributed by atoms with Gasteiger partial charge in [0.25, 0.3) is 0 Å². The number of carbonyl (C=O) groups excluding carboxylic acids is 1. The topological polar surface area (TPSA) is 71.3 Å². The summed E-state index contributed by atoms with van der Waals surface area (Å²) < 4.78 is 5.39. The first-order chi connectivity index (χ1) is 12.1. The summed E-state index contributed by atoms with van der Waals surface area (Å²) in [5.74, 6) is -0.901. The summed E-state index contributed by atoms with van der Waals surface area (Å²) in [5.41, 5.74) is 0.978. The van der Waals surface area contributed by atoms with E-state index in [0.29, 0.717) is 13.1 Å². The summed E-state index contributed by atoms with van der Waals surface area (Å²) in [6.45, 7) is 3.15. The van der Waals surface area contributed by atoms with Crippen molar-refractivity contribution in [1.29, 1.82) is 0 Å². The third-order valence-electron chi connectivity index (χ3n) is 5.48. The lowest BCUT2D eigenvalue weighted by Crippen LogP contribution is -3.19. The van der Waals surface area contributed by atoms with E-state index in [1.165, 1.54) is 4.90 Å². The molecular formula is C19H27N2O4+. The summed E-state index contributed by atoms with van der Waals surface area (Å²) in [7, 11) is 0. The van der Waals surface area contributed by atoms with Crippen LogP contribution in [0.4, 0.5) is 4.79 Å². The van der Waals surface area contributed by atoms with Crippen molar-refractivity contribution in [1.82, 2.24) is 4.90 Å².